The fourth-order valence-electron chi connectivity index (χ4n) is 7.93. The number of fused-ring (bicyclic) bond motifs is 6. The zero-order valence-electron chi connectivity index (χ0n) is 28.1. The number of hydrogen-bond donors (Lipinski definition) is 2. The summed E-state index contributed by atoms with van der Waals surface area (Å²) in [6.45, 7) is 2.26. The Labute approximate surface area is 293 Å². The van der Waals surface area contributed by atoms with E-state index in [-0.39, 0.29) is 12.2 Å². The second kappa shape index (κ2) is 12.8. The van der Waals surface area contributed by atoms with E-state index in [4.69, 9.17) is 0 Å². The fourth-order valence-corrected chi connectivity index (χ4v) is 7.93. The monoisotopic (exact) mass is 642 g/mol. The molecule has 2 atom stereocenters. The van der Waals surface area contributed by atoms with Crippen LogP contribution in [-0.4, -0.2) is 0 Å². The Morgan fingerprint density at radius 3 is 1.44 bits per heavy atom. The molecule has 2 heteroatoms. The van der Waals surface area contributed by atoms with Crippen LogP contribution in [0.5, 0.6) is 0 Å². The van der Waals surface area contributed by atoms with Crippen molar-refractivity contribution in [2.75, 3.05) is 0 Å². The topological polar surface area (TPSA) is 24.1 Å². The van der Waals surface area contributed by atoms with Gasteiger partial charge in [0.15, 0.2) is 0 Å². The molecule has 8 aromatic rings. The highest BCUT2D eigenvalue weighted by atomic mass is 15.2. The van der Waals surface area contributed by atoms with Gasteiger partial charge in [0, 0.05) is 5.70 Å². The largest absolute Gasteiger partial charge is 0.365 e. The first kappa shape index (κ1) is 30.1. The van der Waals surface area contributed by atoms with Crippen LogP contribution in [0.15, 0.2) is 181 Å². The van der Waals surface area contributed by atoms with E-state index in [1.165, 1.54) is 82.5 Å². The number of rotatable bonds is 6. The van der Waals surface area contributed by atoms with Crippen LogP contribution in [-0.2, 0) is 0 Å². The summed E-state index contributed by atoms with van der Waals surface area (Å²) in [7, 11) is 0. The standard InChI is InChI=1S/C48H38N2/c1-2-39-46(32-15-5-3-6-16-32)49-48(33-17-7-4-8-18-33)50-47(39)38-22-14-21-36(30-38)34-19-13-20-35(29-34)37-27-28-44-42-25-10-9-23-40(42)41-24-11-12-26-43(41)45(44)31-37/h3-31,46,48-50H,2H2,1H3. The van der Waals surface area contributed by atoms with Crippen molar-refractivity contribution < 1.29 is 0 Å². The molecule has 8 aromatic carbocycles. The smallest absolute Gasteiger partial charge is 0.104 e. The molecule has 9 rings (SSSR count). The quantitative estimate of drug-likeness (QED) is 0.176. The lowest BCUT2D eigenvalue weighted by atomic mass is 9.88. The average molecular weight is 643 g/mol. The van der Waals surface area contributed by atoms with Gasteiger partial charge in [0.2, 0.25) is 0 Å². The summed E-state index contributed by atoms with van der Waals surface area (Å²) in [5, 5.41) is 15.6. The lowest BCUT2D eigenvalue weighted by Gasteiger charge is -2.37. The van der Waals surface area contributed by atoms with Crippen LogP contribution in [0.3, 0.4) is 0 Å². The molecule has 1 heterocycles. The number of hydrogen-bond acceptors (Lipinski definition) is 2. The van der Waals surface area contributed by atoms with Crippen LogP contribution >= 0.6 is 0 Å². The van der Waals surface area contributed by atoms with Crippen molar-refractivity contribution in [2.45, 2.75) is 25.6 Å². The van der Waals surface area contributed by atoms with Crippen molar-refractivity contribution in [3.63, 3.8) is 0 Å². The summed E-state index contributed by atoms with van der Waals surface area (Å²) in [5.41, 5.74) is 11.1. The molecule has 2 unspecified atom stereocenters. The Balaban J connectivity index is 1.13. The predicted octanol–water partition coefficient (Wildman–Crippen LogP) is 12.2. The van der Waals surface area contributed by atoms with Crippen molar-refractivity contribution in [3.8, 4) is 22.3 Å². The minimum atomic E-state index is -0.0141. The number of benzene rings is 8. The fraction of sp³-hybridized carbons (Fsp3) is 0.0833. The summed E-state index contributed by atoms with van der Waals surface area (Å²) >= 11 is 0. The molecule has 1 aliphatic heterocycles. The molecule has 0 amide bonds. The van der Waals surface area contributed by atoms with Crippen LogP contribution in [0.2, 0.25) is 0 Å². The van der Waals surface area contributed by atoms with Gasteiger partial charge in [-0.2, -0.15) is 0 Å². The Bertz CT molecular complexity index is 2500. The zero-order chi connectivity index (χ0) is 33.4. The molecule has 0 saturated heterocycles. The highest BCUT2D eigenvalue weighted by Crippen LogP contribution is 2.40. The third-order valence-corrected chi connectivity index (χ3v) is 10.4. The second-order valence-corrected chi connectivity index (χ2v) is 13.3. The summed E-state index contributed by atoms with van der Waals surface area (Å²) in [6.07, 6.45) is 0.919. The molecule has 50 heavy (non-hydrogen) atoms. The molecule has 0 saturated carbocycles. The van der Waals surface area contributed by atoms with Crippen LogP contribution in [0.1, 0.15) is 42.2 Å². The average Bonchev–Trinajstić information content (AvgIpc) is 3.21. The molecule has 0 radical (unpaired) electrons. The lowest BCUT2D eigenvalue weighted by molar-refractivity contribution is 0.421. The van der Waals surface area contributed by atoms with E-state index in [0.29, 0.717) is 0 Å². The maximum Gasteiger partial charge on any atom is 0.104 e. The van der Waals surface area contributed by atoms with Crippen molar-refractivity contribution >= 4 is 38.0 Å². The first-order chi connectivity index (χ1) is 24.7. The summed E-state index contributed by atoms with van der Waals surface area (Å²) in [5.74, 6) is 0. The normalized spacial score (nSPS) is 16.2. The molecule has 0 fully saturated rings. The molecule has 0 bridgehead atoms. The van der Waals surface area contributed by atoms with E-state index < -0.39 is 0 Å². The van der Waals surface area contributed by atoms with Crippen molar-refractivity contribution in [2.24, 2.45) is 0 Å². The minimum absolute atomic E-state index is 0.0141. The SMILES string of the molecule is CCC1=C(c2cccc(-c3cccc(-c4ccc5c6ccccc6c6ccccc6c5c4)c3)c2)NC(c2ccccc2)NC1c1ccccc1. The highest BCUT2D eigenvalue weighted by molar-refractivity contribution is 6.25. The lowest BCUT2D eigenvalue weighted by Crippen LogP contribution is -2.42. The van der Waals surface area contributed by atoms with E-state index in [0.717, 1.165) is 6.42 Å². The van der Waals surface area contributed by atoms with Gasteiger partial charge in [0.05, 0.1) is 6.04 Å². The summed E-state index contributed by atoms with van der Waals surface area (Å²) in [4.78, 5) is 0. The van der Waals surface area contributed by atoms with Crippen LogP contribution in [0, 0.1) is 0 Å². The van der Waals surface area contributed by atoms with Crippen LogP contribution in [0.4, 0.5) is 0 Å². The predicted molar refractivity (Wildman–Crippen MR) is 212 cm³/mol. The van der Waals surface area contributed by atoms with Gasteiger partial charge < -0.3 is 5.32 Å². The maximum atomic E-state index is 3.92. The second-order valence-electron chi connectivity index (χ2n) is 13.3. The van der Waals surface area contributed by atoms with E-state index in [1.807, 2.05) is 0 Å². The molecule has 0 aliphatic carbocycles. The molecule has 0 spiro atoms. The van der Waals surface area contributed by atoms with Gasteiger partial charge in [-0.3, -0.25) is 5.32 Å². The van der Waals surface area contributed by atoms with E-state index in [1.54, 1.807) is 0 Å². The van der Waals surface area contributed by atoms with E-state index >= 15 is 0 Å². The van der Waals surface area contributed by atoms with Crippen molar-refractivity contribution in [1.82, 2.24) is 10.6 Å². The molecule has 2 nitrogen and oxygen atoms in total. The Hall–Kier alpha value is -5.96. The van der Waals surface area contributed by atoms with Crippen LogP contribution in [0.25, 0.3) is 60.3 Å². The third kappa shape index (κ3) is 5.35. The Kier molecular flexibility index (Phi) is 7.72. The van der Waals surface area contributed by atoms with Crippen molar-refractivity contribution in [3.05, 3.63) is 198 Å². The molecular weight excluding hydrogens is 605 g/mol. The van der Waals surface area contributed by atoms with Gasteiger partial charge in [-0.05, 0) is 101 Å². The maximum absolute atomic E-state index is 3.92. The Morgan fingerprint density at radius 2 is 0.860 bits per heavy atom. The van der Waals surface area contributed by atoms with E-state index in [2.05, 4.69) is 193 Å². The molecule has 240 valence electrons. The van der Waals surface area contributed by atoms with Gasteiger partial charge in [0.1, 0.15) is 6.17 Å². The molecule has 1 aliphatic rings. The minimum Gasteiger partial charge on any atom is -0.365 e. The van der Waals surface area contributed by atoms with Gasteiger partial charge in [0.25, 0.3) is 0 Å². The summed E-state index contributed by atoms with van der Waals surface area (Å²) in [6, 6.07) is 64.2. The van der Waals surface area contributed by atoms with Crippen LogP contribution < -0.4 is 10.6 Å². The van der Waals surface area contributed by atoms with Gasteiger partial charge in [-0.25, -0.2) is 0 Å². The molecule has 2 N–H and O–H groups in total. The van der Waals surface area contributed by atoms with E-state index in [9.17, 15) is 0 Å². The molecular formula is C48H38N2. The Morgan fingerprint density at radius 1 is 0.400 bits per heavy atom. The van der Waals surface area contributed by atoms with Gasteiger partial charge in [-0.1, -0.05) is 165 Å². The zero-order valence-corrected chi connectivity index (χ0v) is 28.1. The van der Waals surface area contributed by atoms with Gasteiger partial charge >= 0.3 is 0 Å². The third-order valence-electron chi connectivity index (χ3n) is 10.4. The first-order valence-corrected chi connectivity index (χ1v) is 17.6. The highest BCUT2D eigenvalue weighted by Gasteiger charge is 2.30. The van der Waals surface area contributed by atoms with Gasteiger partial charge in [-0.15, -0.1) is 0 Å². The summed E-state index contributed by atoms with van der Waals surface area (Å²) < 4.78 is 0. The van der Waals surface area contributed by atoms with Crippen molar-refractivity contribution in [1.29, 1.82) is 0 Å². The first-order valence-electron chi connectivity index (χ1n) is 17.6. The molecule has 0 aromatic heterocycles. The number of nitrogens with one attached hydrogen (secondary N) is 2.